The highest BCUT2D eigenvalue weighted by atomic mass is 16.5. The summed E-state index contributed by atoms with van der Waals surface area (Å²) in [5.74, 6) is 0.861. The molecule has 3 heteroatoms. The number of para-hydroxylation sites is 2. The zero-order valence-electron chi connectivity index (χ0n) is 11.6. The van der Waals surface area contributed by atoms with Crippen LogP contribution in [-0.4, -0.2) is 18.3 Å². The van der Waals surface area contributed by atoms with Crippen LogP contribution in [0.1, 0.15) is 18.4 Å². The predicted octanol–water partition coefficient (Wildman–Crippen LogP) is 3.45. The number of benzene rings is 2. The Labute approximate surface area is 120 Å². The van der Waals surface area contributed by atoms with Crippen molar-refractivity contribution in [1.29, 1.82) is 0 Å². The highest BCUT2D eigenvalue weighted by molar-refractivity contribution is 5.56. The fraction of sp³-hybridized carbons (Fsp3) is 0.294. The summed E-state index contributed by atoms with van der Waals surface area (Å²) in [7, 11) is 0. The first-order chi connectivity index (χ1) is 9.90. The normalized spacial score (nSPS) is 10.2. The van der Waals surface area contributed by atoms with Crippen LogP contribution in [0.5, 0.6) is 5.75 Å². The van der Waals surface area contributed by atoms with Crippen molar-refractivity contribution < 1.29 is 9.84 Å². The zero-order chi connectivity index (χ0) is 14.0. The summed E-state index contributed by atoms with van der Waals surface area (Å²) in [6.07, 6.45) is 1.77. The van der Waals surface area contributed by atoms with Gasteiger partial charge in [0.15, 0.2) is 0 Å². The second kappa shape index (κ2) is 8.23. The molecule has 2 rings (SSSR count). The van der Waals surface area contributed by atoms with E-state index in [1.807, 2.05) is 42.5 Å². The van der Waals surface area contributed by atoms with Crippen molar-refractivity contribution in [2.24, 2.45) is 0 Å². The molecular weight excluding hydrogens is 250 g/mol. The maximum Gasteiger partial charge on any atom is 0.142 e. The first-order valence-corrected chi connectivity index (χ1v) is 7.00. The monoisotopic (exact) mass is 271 g/mol. The quantitative estimate of drug-likeness (QED) is 0.723. The van der Waals surface area contributed by atoms with Crippen molar-refractivity contribution in [3.05, 3.63) is 60.2 Å². The number of hydrogen-bond acceptors (Lipinski definition) is 3. The lowest BCUT2D eigenvalue weighted by molar-refractivity contribution is 0.286. The third kappa shape index (κ3) is 4.59. The van der Waals surface area contributed by atoms with E-state index in [2.05, 4.69) is 17.4 Å². The number of rotatable bonds is 8. The van der Waals surface area contributed by atoms with E-state index in [4.69, 9.17) is 9.84 Å². The molecule has 3 nitrogen and oxygen atoms in total. The van der Waals surface area contributed by atoms with Crippen molar-refractivity contribution in [2.75, 3.05) is 18.5 Å². The van der Waals surface area contributed by atoms with Crippen LogP contribution in [0.2, 0.25) is 0 Å². The number of unbranched alkanes of at least 4 members (excludes halogenated alkanes) is 1. The average molecular weight is 271 g/mol. The van der Waals surface area contributed by atoms with Crippen molar-refractivity contribution >= 4 is 5.69 Å². The molecule has 0 bridgehead atoms. The van der Waals surface area contributed by atoms with Gasteiger partial charge in [-0.3, -0.25) is 0 Å². The van der Waals surface area contributed by atoms with Gasteiger partial charge >= 0.3 is 0 Å². The summed E-state index contributed by atoms with van der Waals surface area (Å²) in [5, 5.41) is 12.1. The molecule has 106 valence electrons. The van der Waals surface area contributed by atoms with Crippen molar-refractivity contribution in [3.63, 3.8) is 0 Å². The molecule has 0 spiro atoms. The van der Waals surface area contributed by atoms with Gasteiger partial charge in [-0.1, -0.05) is 42.5 Å². The minimum atomic E-state index is 0.244. The first-order valence-electron chi connectivity index (χ1n) is 7.00. The lowest BCUT2D eigenvalue weighted by atomic mass is 10.2. The lowest BCUT2D eigenvalue weighted by Gasteiger charge is -2.13. The van der Waals surface area contributed by atoms with E-state index in [9.17, 15) is 0 Å². The molecule has 0 atom stereocenters. The van der Waals surface area contributed by atoms with Crippen LogP contribution in [0.4, 0.5) is 5.69 Å². The van der Waals surface area contributed by atoms with Crippen molar-refractivity contribution in [2.45, 2.75) is 19.4 Å². The Kier molecular flexibility index (Phi) is 5.93. The minimum Gasteiger partial charge on any atom is -0.487 e. The summed E-state index contributed by atoms with van der Waals surface area (Å²) in [5.41, 5.74) is 2.16. The second-order valence-corrected chi connectivity index (χ2v) is 4.63. The second-order valence-electron chi connectivity index (χ2n) is 4.63. The number of hydrogen-bond donors (Lipinski definition) is 2. The van der Waals surface area contributed by atoms with E-state index in [0.717, 1.165) is 36.4 Å². The topological polar surface area (TPSA) is 41.5 Å². The van der Waals surface area contributed by atoms with Gasteiger partial charge in [0.25, 0.3) is 0 Å². The maximum absolute atomic E-state index is 8.78. The van der Waals surface area contributed by atoms with E-state index in [1.165, 1.54) is 0 Å². The van der Waals surface area contributed by atoms with Gasteiger partial charge in [-0.25, -0.2) is 0 Å². The van der Waals surface area contributed by atoms with Crippen LogP contribution in [0.15, 0.2) is 54.6 Å². The first kappa shape index (κ1) is 14.4. The number of nitrogens with one attached hydrogen (secondary N) is 1. The maximum atomic E-state index is 8.78. The van der Waals surface area contributed by atoms with Crippen LogP contribution < -0.4 is 10.1 Å². The van der Waals surface area contributed by atoms with Crippen LogP contribution in [0.25, 0.3) is 0 Å². The summed E-state index contributed by atoms with van der Waals surface area (Å²) < 4.78 is 5.87. The molecule has 0 saturated carbocycles. The van der Waals surface area contributed by atoms with Gasteiger partial charge in [0.05, 0.1) is 5.69 Å². The van der Waals surface area contributed by atoms with Gasteiger partial charge < -0.3 is 15.2 Å². The van der Waals surface area contributed by atoms with Gasteiger partial charge in [-0.2, -0.15) is 0 Å². The van der Waals surface area contributed by atoms with Crippen LogP contribution in [-0.2, 0) is 6.61 Å². The molecule has 0 fully saturated rings. The Morgan fingerprint density at radius 2 is 1.65 bits per heavy atom. The lowest BCUT2D eigenvalue weighted by Crippen LogP contribution is -2.05. The Bertz CT molecular complexity index is 499. The summed E-state index contributed by atoms with van der Waals surface area (Å²) >= 11 is 0. The predicted molar refractivity (Wildman–Crippen MR) is 82.0 cm³/mol. The molecule has 2 aromatic carbocycles. The highest BCUT2D eigenvalue weighted by Gasteiger charge is 2.02. The van der Waals surface area contributed by atoms with E-state index in [1.54, 1.807) is 0 Å². The smallest absolute Gasteiger partial charge is 0.142 e. The van der Waals surface area contributed by atoms with Gasteiger partial charge in [0.2, 0.25) is 0 Å². The van der Waals surface area contributed by atoms with Crippen LogP contribution in [0, 0.1) is 0 Å². The number of ether oxygens (including phenoxy) is 1. The molecule has 0 radical (unpaired) electrons. The van der Waals surface area contributed by atoms with E-state index < -0.39 is 0 Å². The SMILES string of the molecule is OCCCCNc1ccccc1OCc1ccccc1. The highest BCUT2D eigenvalue weighted by Crippen LogP contribution is 2.24. The molecule has 0 saturated heterocycles. The van der Waals surface area contributed by atoms with Crippen LogP contribution in [0.3, 0.4) is 0 Å². The van der Waals surface area contributed by atoms with E-state index in [-0.39, 0.29) is 6.61 Å². The average Bonchev–Trinajstić information content (AvgIpc) is 2.51. The van der Waals surface area contributed by atoms with Gasteiger partial charge in [-0.05, 0) is 30.5 Å². The molecule has 2 N–H and O–H groups in total. The molecule has 0 heterocycles. The molecule has 2 aromatic rings. The third-order valence-electron chi connectivity index (χ3n) is 3.02. The summed E-state index contributed by atoms with van der Waals surface area (Å²) in [6, 6.07) is 18.1. The summed E-state index contributed by atoms with van der Waals surface area (Å²) in [6.45, 7) is 1.65. The molecule has 0 aromatic heterocycles. The number of aliphatic hydroxyl groups excluding tert-OH is 1. The molecule has 20 heavy (non-hydrogen) atoms. The Hall–Kier alpha value is -2.00. The van der Waals surface area contributed by atoms with Crippen molar-refractivity contribution in [1.82, 2.24) is 0 Å². The Morgan fingerprint density at radius 3 is 2.45 bits per heavy atom. The van der Waals surface area contributed by atoms with E-state index in [0.29, 0.717) is 6.61 Å². The largest absolute Gasteiger partial charge is 0.487 e. The summed E-state index contributed by atoms with van der Waals surface area (Å²) in [4.78, 5) is 0. The minimum absolute atomic E-state index is 0.244. The fourth-order valence-electron chi connectivity index (χ4n) is 1.93. The Balaban J connectivity index is 1.90. The zero-order valence-corrected chi connectivity index (χ0v) is 11.6. The molecule has 0 amide bonds. The fourth-order valence-corrected chi connectivity index (χ4v) is 1.93. The Morgan fingerprint density at radius 1 is 0.900 bits per heavy atom. The molecule has 0 unspecified atom stereocenters. The third-order valence-corrected chi connectivity index (χ3v) is 3.02. The van der Waals surface area contributed by atoms with Crippen molar-refractivity contribution in [3.8, 4) is 5.75 Å². The standard InChI is InChI=1S/C17H21NO2/c19-13-7-6-12-18-16-10-4-5-11-17(16)20-14-15-8-2-1-3-9-15/h1-5,8-11,18-19H,6-7,12-14H2. The molecule has 0 aliphatic rings. The number of anilines is 1. The van der Waals surface area contributed by atoms with Crippen LogP contribution >= 0.6 is 0 Å². The van der Waals surface area contributed by atoms with Gasteiger partial charge in [-0.15, -0.1) is 0 Å². The molecule has 0 aliphatic carbocycles. The number of aliphatic hydroxyl groups is 1. The van der Waals surface area contributed by atoms with Gasteiger partial charge in [0, 0.05) is 13.2 Å². The van der Waals surface area contributed by atoms with E-state index >= 15 is 0 Å². The molecule has 0 aliphatic heterocycles. The van der Waals surface area contributed by atoms with Gasteiger partial charge in [0.1, 0.15) is 12.4 Å². The molecular formula is C17H21NO2.